The zero-order valence-electron chi connectivity index (χ0n) is 9.90. The fraction of sp³-hybridized carbons (Fsp3) is 0.636. The third-order valence-electron chi connectivity index (χ3n) is 2.96. The molecular weight excluding hydrogens is 220 g/mol. The van der Waals surface area contributed by atoms with E-state index in [1.165, 1.54) is 0 Å². The Labute approximate surface area is 100 Å². The number of imidazole rings is 1. The molecule has 1 saturated heterocycles. The summed E-state index contributed by atoms with van der Waals surface area (Å²) >= 11 is 0. The Balaban J connectivity index is 1.67. The van der Waals surface area contributed by atoms with Crippen molar-refractivity contribution in [2.75, 3.05) is 20.2 Å². The van der Waals surface area contributed by atoms with E-state index in [1.54, 1.807) is 19.5 Å². The number of methoxy groups -OCH3 is 1. The van der Waals surface area contributed by atoms with Gasteiger partial charge in [-0.2, -0.15) is 0 Å². The number of ether oxygens (including phenoxy) is 1. The number of aromatic amines is 1. The van der Waals surface area contributed by atoms with E-state index in [0.29, 0.717) is 6.54 Å². The first kappa shape index (κ1) is 12.1. The highest BCUT2D eigenvalue weighted by molar-refractivity contribution is 5.82. The summed E-state index contributed by atoms with van der Waals surface area (Å²) in [4.78, 5) is 18.9. The number of carbonyl (C=O) groups excluding carboxylic acids is 1. The van der Waals surface area contributed by atoms with E-state index in [2.05, 4.69) is 20.6 Å². The number of hydrogen-bond acceptors (Lipinski definition) is 4. The van der Waals surface area contributed by atoms with Crippen molar-refractivity contribution in [1.29, 1.82) is 0 Å². The maximum atomic E-state index is 11.8. The Hall–Kier alpha value is -1.40. The van der Waals surface area contributed by atoms with Gasteiger partial charge in [0.05, 0.1) is 12.1 Å². The van der Waals surface area contributed by atoms with Crippen molar-refractivity contribution in [3.63, 3.8) is 0 Å². The second kappa shape index (κ2) is 5.79. The van der Waals surface area contributed by atoms with Crippen LogP contribution in [0.1, 0.15) is 12.2 Å². The predicted octanol–water partition coefficient (Wildman–Crippen LogP) is -0.555. The van der Waals surface area contributed by atoms with Crippen molar-refractivity contribution in [2.24, 2.45) is 0 Å². The third kappa shape index (κ3) is 3.28. The minimum atomic E-state index is -0.128. The van der Waals surface area contributed by atoms with Gasteiger partial charge in [-0.15, -0.1) is 0 Å². The van der Waals surface area contributed by atoms with Gasteiger partial charge in [-0.1, -0.05) is 0 Å². The van der Waals surface area contributed by atoms with Crippen molar-refractivity contribution in [1.82, 2.24) is 20.6 Å². The highest BCUT2D eigenvalue weighted by atomic mass is 16.5. The van der Waals surface area contributed by atoms with Gasteiger partial charge in [0, 0.05) is 39.0 Å². The third-order valence-corrected chi connectivity index (χ3v) is 2.96. The molecule has 0 spiro atoms. The van der Waals surface area contributed by atoms with Gasteiger partial charge in [0.1, 0.15) is 5.82 Å². The molecule has 2 heterocycles. The van der Waals surface area contributed by atoms with E-state index in [0.717, 1.165) is 25.2 Å². The molecule has 0 radical (unpaired) electrons. The maximum absolute atomic E-state index is 11.8. The average Bonchev–Trinajstić information content (AvgIpc) is 2.99. The van der Waals surface area contributed by atoms with Gasteiger partial charge < -0.3 is 20.4 Å². The van der Waals surface area contributed by atoms with Crippen molar-refractivity contribution < 1.29 is 9.53 Å². The van der Waals surface area contributed by atoms with Gasteiger partial charge in [0.15, 0.2) is 0 Å². The fourth-order valence-electron chi connectivity index (χ4n) is 1.94. The summed E-state index contributed by atoms with van der Waals surface area (Å²) in [6.07, 6.45) is 5.09. The molecule has 6 nitrogen and oxygen atoms in total. The van der Waals surface area contributed by atoms with Gasteiger partial charge in [0.25, 0.3) is 0 Å². The molecule has 0 aromatic carbocycles. The number of nitrogens with one attached hydrogen (secondary N) is 3. The minimum Gasteiger partial charge on any atom is -0.380 e. The molecule has 2 atom stereocenters. The molecule has 94 valence electrons. The highest BCUT2D eigenvalue weighted by Gasteiger charge is 2.28. The van der Waals surface area contributed by atoms with Crippen LogP contribution in [0.15, 0.2) is 12.4 Å². The van der Waals surface area contributed by atoms with Crippen LogP contribution in [0.2, 0.25) is 0 Å². The van der Waals surface area contributed by atoms with E-state index < -0.39 is 0 Å². The Bertz CT molecular complexity index is 352. The second-order valence-electron chi connectivity index (χ2n) is 4.13. The van der Waals surface area contributed by atoms with Crippen LogP contribution >= 0.6 is 0 Å². The summed E-state index contributed by atoms with van der Waals surface area (Å²) in [5, 5.41) is 6.03. The number of nitrogens with zero attached hydrogens (tertiary/aromatic N) is 1. The molecule has 6 heteroatoms. The predicted molar refractivity (Wildman–Crippen MR) is 62.5 cm³/mol. The lowest BCUT2D eigenvalue weighted by atomic mass is 10.2. The molecule has 17 heavy (non-hydrogen) atoms. The van der Waals surface area contributed by atoms with Gasteiger partial charge in [0.2, 0.25) is 5.91 Å². The number of H-pyrrole nitrogens is 1. The monoisotopic (exact) mass is 238 g/mol. The zero-order valence-corrected chi connectivity index (χ0v) is 9.90. The molecule has 0 bridgehead atoms. The normalized spacial score (nSPS) is 23.8. The number of amides is 1. The van der Waals surface area contributed by atoms with Gasteiger partial charge >= 0.3 is 0 Å². The molecule has 1 aliphatic heterocycles. The van der Waals surface area contributed by atoms with Crippen LogP contribution in [-0.4, -0.2) is 48.2 Å². The summed E-state index contributed by atoms with van der Waals surface area (Å²) in [5.74, 6) is 0.926. The smallest absolute Gasteiger partial charge is 0.237 e. The van der Waals surface area contributed by atoms with Crippen molar-refractivity contribution in [2.45, 2.75) is 25.0 Å². The van der Waals surface area contributed by atoms with Crippen LogP contribution in [0.5, 0.6) is 0 Å². The molecule has 1 aromatic heterocycles. The lowest BCUT2D eigenvalue weighted by Crippen LogP contribution is -2.41. The number of rotatable bonds is 5. The quantitative estimate of drug-likeness (QED) is 0.643. The average molecular weight is 238 g/mol. The summed E-state index contributed by atoms with van der Waals surface area (Å²) in [6.45, 7) is 1.34. The molecule has 3 N–H and O–H groups in total. The molecule has 1 aliphatic rings. The lowest BCUT2D eigenvalue weighted by Gasteiger charge is -2.10. The first-order chi connectivity index (χ1) is 8.29. The first-order valence-corrected chi connectivity index (χ1v) is 5.81. The van der Waals surface area contributed by atoms with Crippen LogP contribution in [-0.2, 0) is 16.0 Å². The zero-order chi connectivity index (χ0) is 12.1. The van der Waals surface area contributed by atoms with Crippen molar-refractivity contribution in [3.8, 4) is 0 Å². The van der Waals surface area contributed by atoms with E-state index in [-0.39, 0.29) is 18.1 Å². The molecule has 2 rings (SSSR count). The topological polar surface area (TPSA) is 79.0 Å². The van der Waals surface area contributed by atoms with Crippen LogP contribution in [0.25, 0.3) is 0 Å². The minimum absolute atomic E-state index is 0.0381. The van der Waals surface area contributed by atoms with Crippen LogP contribution in [0.4, 0.5) is 0 Å². The molecular formula is C11H18N4O2. The van der Waals surface area contributed by atoms with E-state index in [4.69, 9.17) is 4.74 Å². The van der Waals surface area contributed by atoms with E-state index in [1.807, 2.05) is 0 Å². The Morgan fingerprint density at radius 2 is 2.59 bits per heavy atom. The first-order valence-electron chi connectivity index (χ1n) is 5.81. The van der Waals surface area contributed by atoms with Gasteiger partial charge in [-0.3, -0.25) is 4.79 Å². The Kier molecular flexibility index (Phi) is 4.11. The van der Waals surface area contributed by atoms with Crippen LogP contribution < -0.4 is 10.6 Å². The summed E-state index contributed by atoms with van der Waals surface area (Å²) in [6, 6.07) is -0.128. The molecule has 0 aliphatic carbocycles. The van der Waals surface area contributed by atoms with Gasteiger partial charge in [-0.05, 0) is 6.42 Å². The van der Waals surface area contributed by atoms with Crippen molar-refractivity contribution >= 4 is 5.91 Å². The molecule has 2 unspecified atom stereocenters. The maximum Gasteiger partial charge on any atom is 0.237 e. The van der Waals surface area contributed by atoms with E-state index >= 15 is 0 Å². The molecule has 0 saturated carbocycles. The fourth-order valence-corrected chi connectivity index (χ4v) is 1.94. The second-order valence-corrected chi connectivity index (χ2v) is 4.13. The Morgan fingerprint density at radius 3 is 3.24 bits per heavy atom. The van der Waals surface area contributed by atoms with Crippen molar-refractivity contribution in [3.05, 3.63) is 18.2 Å². The number of aromatic nitrogens is 2. The van der Waals surface area contributed by atoms with Crippen LogP contribution in [0.3, 0.4) is 0 Å². The van der Waals surface area contributed by atoms with Crippen LogP contribution in [0, 0.1) is 0 Å². The van der Waals surface area contributed by atoms with Gasteiger partial charge in [-0.25, -0.2) is 4.98 Å². The number of hydrogen-bond donors (Lipinski definition) is 3. The van der Waals surface area contributed by atoms with E-state index in [9.17, 15) is 4.79 Å². The summed E-state index contributed by atoms with van der Waals surface area (Å²) in [5.41, 5.74) is 0. The SMILES string of the molecule is COC1CNC(C(=O)NCCc2ncc[nH]2)C1. The number of carbonyl (C=O) groups is 1. The summed E-state index contributed by atoms with van der Waals surface area (Å²) < 4.78 is 5.20. The Morgan fingerprint density at radius 1 is 1.71 bits per heavy atom. The molecule has 1 amide bonds. The lowest BCUT2D eigenvalue weighted by molar-refractivity contribution is -0.122. The molecule has 1 aromatic rings. The largest absolute Gasteiger partial charge is 0.380 e. The highest BCUT2D eigenvalue weighted by Crippen LogP contribution is 2.09. The summed E-state index contributed by atoms with van der Waals surface area (Å²) in [7, 11) is 1.67. The standard InChI is InChI=1S/C11H18N4O2/c1-17-8-6-9(15-7-8)11(16)14-3-2-10-12-4-5-13-10/h4-5,8-9,15H,2-3,6-7H2,1H3,(H,12,13)(H,14,16). The molecule has 1 fully saturated rings.